The van der Waals surface area contributed by atoms with Crippen molar-refractivity contribution in [1.29, 1.82) is 0 Å². The lowest BCUT2D eigenvalue weighted by Crippen LogP contribution is -2.51. The molecule has 0 spiro atoms. The molecule has 0 heterocycles. The third-order valence-electron chi connectivity index (χ3n) is 2.02. The number of amides is 3. The van der Waals surface area contributed by atoms with Gasteiger partial charge in [0.25, 0.3) is 0 Å². The summed E-state index contributed by atoms with van der Waals surface area (Å²) in [7, 11) is 0. The van der Waals surface area contributed by atoms with Crippen molar-refractivity contribution in [1.82, 2.24) is 10.6 Å². The molecule has 10 heteroatoms. The fourth-order valence-corrected chi connectivity index (χ4v) is 1.03. The summed E-state index contributed by atoms with van der Waals surface area (Å²) in [6.45, 7) is -1.19. The van der Waals surface area contributed by atoms with Gasteiger partial charge in [-0.2, -0.15) is 0 Å². The van der Waals surface area contributed by atoms with Crippen LogP contribution in [0.2, 0.25) is 0 Å². The van der Waals surface area contributed by atoms with Crippen LogP contribution in [0.4, 0.5) is 0 Å². The number of aliphatic hydroxyl groups excluding tert-OH is 1. The third-order valence-corrected chi connectivity index (χ3v) is 2.02. The first-order valence-corrected chi connectivity index (χ1v) is 5.22. The Bertz CT molecular complexity index is 372. The Morgan fingerprint density at radius 2 is 1.79 bits per heavy atom. The van der Waals surface area contributed by atoms with E-state index < -0.39 is 55.3 Å². The molecular formula is C9H16N4O6. The largest absolute Gasteiger partial charge is 0.481 e. The lowest BCUT2D eigenvalue weighted by Gasteiger charge is -2.14. The topological polar surface area (TPSA) is 185 Å². The molecule has 0 aliphatic carbocycles. The van der Waals surface area contributed by atoms with Gasteiger partial charge in [0.2, 0.25) is 17.7 Å². The molecule has 0 saturated carbocycles. The maximum atomic E-state index is 11.3. The highest BCUT2D eigenvalue weighted by Gasteiger charge is 2.20. The van der Waals surface area contributed by atoms with Crippen LogP contribution in [0.5, 0.6) is 0 Å². The molecule has 0 unspecified atom stereocenters. The summed E-state index contributed by atoms with van der Waals surface area (Å²) >= 11 is 0. The van der Waals surface area contributed by atoms with Gasteiger partial charge in [-0.3, -0.25) is 19.2 Å². The zero-order valence-electron chi connectivity index (χ0n) is 9.96. The van der Waals surface area contributed by atoms with E-state index in [1.807, 2.05) is 0 Å². The molecule has 0 radical (unpaired) electrons. The molecule has 10 nitrogen and oxygen atoms in total. The average Bonchev–Trinajstić information content (AvgIpc) is 2.31. The first kappa shape index (κ1) is 16.8. The van der Waals surface area contributed by atoms with Crippen molar-refractivity contribution in [2.24, 2.45) is 11.5 Å². The van der Waals surface area contributed by atoms with E-state index in [-0.39, 0.29) is 0 Å². The van der Waals surface area contributed by atoms with Crippen molar-refractivity contribution in [3.63, 3.8) is 0 Å². The second kappa shape index (κ2) is 8.00. The summed E-state index contributed by atoms with van der Waals surface area (Å²) in [5.74, 6) is -3.77. The third kappa shape index (κ3) is 6.95. The Morgan fingerprint density at radius 1 is 1.21 bits per heavy atom. The second-order valence-electron chi connectivity index (χ2n) is 3.63. The van der Waals surface area contributed by atoms with Gasteiger partial charge in [-0.25, -0.2) is 0 Å². The fraction of sp³-hybridized carbons (Fsp3) is 0.556. The Balaban J connectivity index is 4.12. The molecule has 0 aromatic rings. The zero-order chi connectivity index (χ0) is 15.0. The molecule has 0 saturated heterocycles. The smallest absolute Gasteiger partial charge is 0.305 e. The molecule has 0 aliphatic rings. The normalized spacial score (nSPS) is 13.2. The lowest BCUT2D eigenvalue weighted by atomic mass is 10.2. The van der Waals surface area contributed by atoms with Crippen LogP contribution in [0, 0.1) is 0 Å². The molecule has 0 aromatic carbocycles. The van der Waals surface area contributed by atoms with E-state index in [1.54, 1.807) is 0 Å². The van der Waals surface area contributed by atoms with Gasteiger partial charge in [-0.15, -0.1) is 0 Å². The molecule has 0 aromatic heterocycles. The first-order valence-electron chi connectivity index (χ1n) is 5.22. The first-order chi connectivity index (χ1) is 8.77. The van der Waals surface area contributed by atoms with Gasteiger partial charge in [-0.1, -0.05) is 0 Å². The molecule has 108 valence electrons. The van der Waals surface area contributed by atoms with E-state index >= 15 is 0 Å². The highest BCUT2D eigenvalue weighted by Crippen LogP contribution is 1.88. The Hall–Kier alpha value is -2.20. The Morgan fingerprint density at radius 3 is 2.21 bits per heavy atom. The molecule has 0 fully saturated rings. The lowest BCUT2D eigenvalue weighted by molar-refractivity contribution is -0.139. The van der Waals surface area contributed by atoms with Crippen molar-refractivity contribution in [2.45, 2.75) is 18.5 Å². The maximum Gasteiger partial charge on any atom is 0.305 e. The van der Waals surface area contributed by atoms with Crippen LogP contribution in [0.3, 0.4) is 0 Å². The number of rotatable bonds is 8. The van der Waals surface area contributed by atoms with Crippen molar-refractivity contribution in [3.8, 4) is 0 Å². The summed E-state index contributed by atoms with van der Waals surface area (Å²) in [5, 5.41) is 21.3. The van der Waals surface area contributed by atoms with Gasteiger partial charge < -0.3 is 32.3 Å². The van der Waals surface area contributed by atoms with Crippen molar-refractivity contribution in [3.05, 3.63) is 0 Å². The quantitative estimate of drug-likeness (QED) is 0.260. The number of primary amides is 1. The van der Waals surface area contributed by atoms with E-state index in [0.29, 0.717) is 0 Å². The van der Waals surface area contributed by atoms with Crippen LogP contribution in [-0.4, -0.2) is 59.1 Å². The van der Waals surface area contributed by atoms with E-state index in [9.17, 15) is 19.2 Å². The number of hydrogen-bond acceptors (Lipinski definition) is 6. The van der Waals surface area contributed by atoms with Crippen LogP contribution in [0.15, 0.2) is 0 Å². The summed E-state index contributed by atoms with van der Waals surface area (Å²) in [6, 6.07) is -2.54. The van der Waals surface area contributed by atoms with Crippen LogP contribution in [-0.2, 0) is 19.2 Å². The summed E-state index contributed by atoms with van der Waals surface area (Å²) in [4.78, 5) is 43.5. The van der Waals surface area contributed by atoms with Crippen LogP contribution >= 0.6 is 0 Å². The van der Waals surface area contributed by atoms with Gasteiger partial charge >= 0.3 is 5.97 Å². The number of aliphatic hydroxyl groups is 1. The summed E-state index contributed by atoms with van der Waals surface area (Å²) in [6.07, 6.45) is -0.575. The average molecular weight is 276 g/mol. The predicted octanol–water partition coefficient (Wildman–Crippen LogP) is -4.13. The number of carbonyl (C=O) groups excluding carboxylic acids is 3. The minimum atomic E-state index is -1.28. The van der Waals surface area contributed by atoms with Crippen LogP contribution < -0.4 is 22.1 Å². The maximum absolute atomic E-state index is 11.3. The molecule has 19 heavy (non-hydrogen) atoms. The van der Waals surface area contributed by atoms with E-state index in [2.05, 4.69) is 10.6 Å². The monoisotopic (exact) mass is 276 g/mol. The molecular weight excluding hydrogens is 260 g/mol. The zero-order valence-corrected chi connectivity index (χ0v) is 9.96. The van der Waals surface area contributed by atoms with Crippen molar-refractivity contribution < 1.29 is 29.4 Å². The number of carboxylic acids is 1. The SMILES string of the molecule is NC(=O)[C@H](CO)NC(=O)CNC(=O)[C@@H](N)CC(=O)O. The summed E-state index contributed by atoms with van der Waals surface area (Å²) < 4.78 is 0. The molecule has 0 bridgehead atoms. The number of nitrogens with two attached hydrogens (primary N) is 2. The van der Waals surface area contributed by atoms with Crippen LogP contribution in [0.25, 0.3) is 0 Å². The second-order valence-corrected chi connectivity index (χ2v) is 3.63. The van der Waals surface area contributed by atoms with Gasteiger partial charge in [0.1, 0.15) is 6.04 Å². The molecule has 8 N–H and O–H groups in total. The van der Waals surface area contributed by atoms with Crippen molar-refractivity contribution in [2.75, 3.05) is 13.2 Å². The number of carbonyl (C=O) groups is 4. The van der Waals surface area contributed by atoms with E-state index in [0.717, 1.165) is 0 Å². The number of carboxylic acid groups (broad SMARTS) is 1. The predicted molar refractivity (Wildman–Crippen MR) is 61.4 cm³/mol. The fourth-order valence-electron chi connectivity index (χ4n) is 1.03. The number of aliphatic carboxylic acids is 1. The number of hydrogen-bond donors (Lipinski definition) is 6. The standard InChI is InChI=1S/C9H16N4O6/c10-4(1-7(16)17)9(19)12-2-6(15)13-5(3-14)8(11)18/h4-5,14H,1-3,10H2,(H2,11,18)(H,12,19)(H,13,15)(H,16,17)/t4-,5-/m0/s1. The molecule has 2 atom stereocenters. The van der Waals surface area contributed by atoms with Gasteiger partial charge in [-0.05, 0) is 0 Å². The van der Waals surface area contributed by atoms with Crippen LogP contribution in [0.1, 0.15) is 6.42 Å². The Kier molecular flexibility index (Phi) is 7.07. The number of nitrogens with one attached hydrogen (secondary N) is 2. The van der Waals surface area contributed by atoms with Crippen molar-refractivity contribution >= 4 is 23.7 Å². The molecule has 0 aliphatic heterocycles. The Labute approximate surface area is 108 Å². The van der Waals surface area contributed by atoms with Gasteiger partial charge in [0.15, 0.2) is 0 Å². The summed E-state index contributed by atoms with van der Waals surface area (Å²) in [5.41, 5.74) is 10.1. The molecule has 0 rings (SSSR count). The molecule has 3 amide bonds. The van der Waals surface area contributed by atoms with Gasteiger partial charge in [0, 0.05) is 0 Å². The van der Waals surface area contributed by atoms with Gasteiger partial charge in [0.05, 0.1) is 25.6 Å². The van der Waals surface area contributed by atoms with E-state index in [4.69, 9.17) is 21.7 Å². The highest BCUT2D eigenvalue weighted by molar-refractivity contribution is 5.91. The van der Waals surface area contributed by atoms with E-state index in [1.165, 1.54) is 0 Å². The highest BCUT2D eigenvalue weighted by atomic mass is 16.4. The minimum absolute atomic E-state index is 0.518. The minimum Gasteiger partial charge on any atom is -0.481 e.